The number of carbonyl (C=O) groups is 4. The third-order valence-corrected chi connectivity index (χ3v) is 14.9. The van der Waals surface area contributed by atoms with E-state index in [2.05, 4.69) is 0 Å². The number of allylic oxidation sites excluding steroid dienone is 1. The summed E-state index contributed by atoms with van der Waals surface area (Å²) in [6.45, 7) is 7.95. The van der Waals surface area contributed by atoms with Crippen molar-refractivity contribution in [2.45, 2.75) is 165 Å². The molecule has 19 heteroatoms. The maximum absolute atomic E-state index is 14.6. The molecule has 19 nitrogen and oxygen atoms in total. The second-order valence-electron chi connectivity index (χ2n) is 18.6. The Kier molecular flexibility index (Phi) is 12.6. The van der Waals surface area contributed by atoms with Crippen LogP contribution >= 0.6 is 0 Å². The van der Waals surface area contributed by atoms with Gasteiger partial charge in [0, 0.05) is 55.9 Å². The van der Waals surface area contributed by atoms with Crippen molar-refractivity contribution in [1.82, 2.24) is 0 Å². The molecule has 8 aliphatic rings. The summed E-state index contributed by atoms with van der Waals surface area (Å²) in [6.07, 6.45) is -13.9. The quantitative estimate of drug-likeness (QED) is 0.102. The maximum atomic E-state index is 14.6. The second-order valence-corrected chi connectivity index (χ2v) is 18.6. The summed E-state index contributed by atoms with van der Waals surface area (Å²) in [7, 11) is 0. The number of hydrogen-bond acceptors (Lipinski definition) is 19. The average molecular weight is 881 g/mol. The number of hydrogen-bond donors (Lipinski definition) is 6. The molecule has 4 saturated heterocycles. The number of esters is 3. The predicted molar refractivity (Wildman–Crippen MR) is 206 cm³/mol. The van der Waals surface area contributed by atoms with Crippen LogP contribution in [0.1, 0.15) is 73.6 Å². The first-order valence-electron chi connectivity index (χ1n) is 21.7. The Morgan fingerprint density at radius 2 is 1.55 bits per heavy atom. The summed E-state index contributed by atoms with van der Waals surface area (Å²) < 4.78 is 54.1. The van der Waals surface area contributed by atoms with Crippen molar-refractivity contribution < 1.29 is 92.4 Å². The van der Waals surface area contributed by atoms with Gasteiger partial charge in [-0.05, 0) is 44.4 Å². The van der Waals surface area contributed by atoms with E-state index in [0.717, 1.165) is 31.9 Å². The summed E-state index contributed by atoms with van der Waals surface area (Å²) in [6, 6.07) is 0. The van der Waals surface area contributed by atoms with E-state index in [4.69, 9.17) is 42.6 Å². The molecule has 0 aromatic carbocycles. The molecule has 1 spiro atoms. The highest BCUT2D eigenvalue weighted by molar-refractivity contribution is 6.04. The molecule has 21 unspecified atom stereocenters. The van der Waals surface area contributed by atoms with E-state index in [-0.39, 0.29) is 43.2 Å². The molecule has 0 amide bonds. The number of ether oxygens (including phenoxy) is 9. The standard InChI is InChI=1S/C43H60O19/c1-16-14-55-43(39(53)31(16)50)26(13-44)30-24-9-10-25-23(29(24)33(52)35(30)62-43)8-7-21-11-22(48)12-28(42(21,25)6)60-40-36(32(51)27(49)15-54-40)61-41-38(59-20(5)47)37(58-19(4)46)34(17(2)56-41)57-18(3)45/h7,16-17,22-23,25-28,30-32,34-41,44,48-51,53H,8-15H2,1-6H3. The van der Waals surface area contributed by atoms with Crippen LogP contribution < -0.4 is 0 Å². The third-order valence-electron chi connectivity index (χ3n) is 14.9. The first kappa shape index (κ1) is 45.6. The lowest BCUT2D eigenvalue weighted by molar-refractivity contribution is -0.363. The van der Waals surface area contributed by atoms with Gasteiger partial charge < -0.3 is 73.3 Å². The molecule has 8 rings (SSSR count). The van der Waals surface area contributed by atoms with E-state index < -0.39 is 133 Å². The van der Waals surface area contributed by atoms with Crippen molar-refractivity contribution in [3.8, 4) is 0 Å². The highest BCUT2D eigenvalue weighted by Crippen LogP contribution is 2.64. The Hall–Kier alpha value is -2.92. The lowest BCUT2D eigenvalue weighted by Gasteiger charge is -2.56. The molecule has 62 heavy (non-hydrogen) atoms. The van der Waals surface area contributed by atoms with Gasteiger partial charge in [0.05, 0.1) is 44.2 Å². The largest absolute Gasteiger partial charge is 0.456 e. The van der Waals surface area contributed by atoms with Crippen molar-refractivity contribution in [3.05, 3.63) is 22.8 Å². The van der Waals surface area contributed by atoms with Crippen LogP contribution in [0.25, 0.3) is 0 Å². The number of rotatable bonds is 8. The molecular formula is C43H60O19. The fourth-order valence-electron chi connectivity index (χ4n) is 12.0. The Balaban J connectivity index is 1.08. The fourth-order valence-corrected chi connectivity index (χ4v) is 12.0. The molecule has 5 fully saturated rings. The van der Waals surface area contributed by atoms with E-state index in [0.29, 0.717) is 31.3 Å². The van der Waals surface area contributed by atoms with Crippen molar-refractivity contribution in [2.24, 2.45) is 35.0 Å². The maximum Gasteiger partial charge on any atom is 0.303 e. The van der Waals surface area contributed by atoms with Gasteiger partial charge in [-0.3, -0.25) is 19.2 Å². The highest BCUT2D eigenvalue weighted by Gasteiger charge is 2.69. The monoisotopic (exact) mass is 880 g/mol. The minimum Gasteiger partial charge on any atom is -0.456 e. The highest BCUT2D eigenvalue weighted by atomic mass is 16.8. The molecule has 6 N–H and O–H groups in total. The van der Waals surface area contributed by atoms with E-state index in [9.17, 15) is 49.8 Å². The fraction of sp³-hybridized carbons (Fsp3) is 0.814. The molecule has 4 heterocycles. The van der Waals surface area contributed by atoms with Gasteiger partial charge in [0.15, 0.2) is 36.7 Å². The van der Waals surface area contributed by atoms with Crippen LogP contribution in [0.5, 0.6) is 0 Å². The minimum absolute atomic E-state index is 0.0790. The van der Waals surface area contributed by atoms with Crippen molar-refractivity contribution in [2.75, 3.05) is 19.8 Å². The molecule has 4 aliphatic heterocycles. The Bertz CT molecular complexity index is 1830. The van der Waals surface area contributed by atoms with Gasteiger partial charge in [0.1, 0.15) is 30.5 Å². The smallest absolute Gasteiger partial charge is 0.303 e. The molecule has 0 radical (unpaired) electrons. The van der Waals surface area contributed by atoms with Crippen LogP contribution in [-0.2, 0) is 61.8 Å². The molecule has 4 aliphatic carbocycles. The van der Waals surface area contributed by atoms with Crippen molar-refractivity contribution >= 4 is 23.7 Å². The lowest BCUT2D eigenvalue weighted by Crippen LogP contribution is -2.64. The number of fused-ring (bicyclic) bond motifs is 6. The number of aliphatic hydroxyl groups is 6. The normalized spacial score (nSPS) is 48.7. The van der Waals surface area contributed by atoms with Crippen LogP contribution in [0.2, 0.25) is 0 Å². The lowest BCUT2D eigenvalue weighted by atomic mass is 9.51. The van der Waals surface area contributed by atoms with E-state index in [1.54, 1.807) is 6.92 Å². The topological polar surface area (TPSA) is 273 Å². The van der Waals surface area contributed by atoms with Gasteiger partial charge in [-0.25, -0.2) is 0 Å². The van der Waals surface area contributed by atoms with Gasteiger partial charge in [-0.1, -0.05) is 31.1 Å². The average Bonchev–Trinajstić information content (AvgIpc) is 3.68. The number of aliphatic hydroxyl groups excluding tert-OH is 6. The molecule has 1 saturated carbocycles. The van der Waals surface area contributed by atoms with Crippen molar-refractivity contribution in [1.29, 1.82) is 0 Å². The van der Waals surface area contributed by atoms with Crippen LogP contribution in [0.15, 0.2) is 22.8 Å². The Morgan fingerprint density at radius 1 is 0.871 bits per heavy atom. The summed E-state index contributed by atoms with van der Waals surface area (Å²) in [5.41, 5.74) is 1.59. The summed E-state index contributed by atoms with van der Waals surface area (Å²) in [5.74, 6) is -6.56. The zero-order valence-corrected chi connectivity index (χ0v) is 35.7. The van der Waals surface area contributed by atoms with E-state index in [1.165, 1.54) is 6.92 Å². The summed E-state index contributed by atoms with van der Waals surface area (Å²) in [5, 5.41) is 66.5. The predicted octanol–water partition coefficient (Wildman–Crippen LogP) is -0.521. The second kappa shape index (κ2) is 17.1. The molecule has 0 bridgehead atoms. The van der Waals surface area contributed by atoms with Crippen LogP contribution in [-0.4, -0.2) is 166 Å². The molecular weight excluding hydrogens is 820 g/mol. The molecule has 21 atom stereocenters. The van der Waals surface area contributed by atoms with Gasteiger partial charge >= 0.3 is 17.9 Å². The molecule has 346 valence electrons. The van der Waals surface area contributed by atoms with E-state index >= 15 is 0 Å². The zero-order chi connectivity index (χ0) is 44.7. The molecule has 0 aromatic heterocycles. The van der Waals surface area contributed by atoms with Crippen LogP contribution in [0.4, 0.5) is 0 Å². The van der Waals surface area contributed by atoms with Crippen molar-refractivity contribution in [3.63, 3.8) is 0 Å². The SMILES string of the molecule is CC(=O)OC1C(C)OC(OC2C(OC3CC(O)CC4=CCC5C6=C(CCC5C43C)C3C(OC4(OCC(C)C(O)C4O)C3CO)C6=O)OCC(O)C2O)C(OC(C)=O)C1OC(C)=O. The molecule has 0 aromatic rings. The minimum atomic E-state index is -1.74. The van der Waals surface area contributed by atoms with Gasteiger partial charge in [0.2, 0.25) is 5.79 Å². The Morgan fingerprint density at radius 3 is 2.23 bits per heavy atom. The number of carbonyl (C=O) groups excluding carboxylic acids is 4. The number of ketones is 1. The summed E-state index contributed by atoms with van der Waals surface area (Å²) >= 11 is 0. The van der Waals surface area contributed by atoms with Gasteiger partial charge in [-0.2, -0.15) is 0 Å². The van der Waals surface area contributed by atoms with Crippen LogP contribution in [0.3, 0.4) is 0 Å². The first-order chi connectivity index (χ1) is 29.3. The van der Waals surface area contributed by atoms with Crippen LogP contribution in [0, 0.1) is 35.0 Å². The zero-order valence-electron chi connectivity index (χ0n) is 35.7. The van der Waals surface area contributed by atoms with Gasteiger partial charge in [-0.15, -0.1) is 0 Å². The Labute approximate surface area is 358 Å². The summed E-state index contributed by atoms with van der Waals surface area (Å²) in [4.78, 5) is 51.3. The third kappa shape index (κ3) is 7.46. The number of Topliss-reactive ketones (excluding diaryl/α,β-unsaturated/α-hetero) is 1. The van der Waals surface area contributed by atoms with Gasteiger partial charge in [0.25, 0.3) is 0 Å². The first-order valence-corrected chi connectivity index (χ1v) is 21.7. The van der Waals surface area contributed by atoms with E-state index in [1.807, 2.05) is 13.0 Å².